The van der Waals surface area contributed by atoms with Crippen LogP contribution in [0, 0.1) is 0 Å². The van der Waals surface area contributed by atoms with Crippen molar-refractivity contribution in [2.45, 2.75) is 24.9 Å². The van der Waals surface area contributed by atoms with Gasteiger partial charge in [0.25, 0.3) is 0 Å². The van der Waals surface area contributed by atoms with Crippen molar-refractivity contribution in [3.05, 3.63) is 0 Å². The lowest BCUT2D eigenvalue weighted by molar-refractivity contribution is 0.628. The number of rotatable bonds is 4. The van der Waals surface area contributed by atoms with E-state index in [1.54, 1.807) is 0 Å². The molecule has 0 heterocycles. The number of hydrogen-bond donors (Lipinski definition) is 2. The topological polar surface area (TPSA) is 52.0 Å². The molecule has 2 unspecified atom stereocenters. The van der Waals surface area contributed by atoms with E-state index in [2.05, 4.69) is 6.92 Å². The van der Waals surface area contributed by atoms with Gasteiger partial charge in [-0.25, -0.2) is 0 Å². The molecule has 0 aliphatic carbocycles. The molecule has 0 fully saturated rings. The summed E-state index contributed by atoms with van der Waals surface area (Å²) >= 11 is 0. The molecule has 2 atom stereocenters. The number of hydrogen-bond acceptors (Lipinski definition) is 2. The minimum absolute atomic E-state index is 0.203. The number of nitrogens with two attached hydrogens (primary N) is 2. The van der Waals surface area contributed by atoms with Gasteiger partial charge in [-0.15, -0.1) is 0 Å². The standard InChI is InChI=1S/C5H18N2Si2/c1-4(7)5(9-8)2-3-6/h4-5H,2-3,6-7,9H2,1,8H3. The van der Waals surface area contributed by atoms with E-state index in [4.69, 9.17) is 11.5 Å². The highest BCUT2D eigenvalue weighted by atomic mass is 29.1. The van der Waals surface area contributed by atoms with Crippen LogP contribution in [0.1, 0.15) is 13.3 Å². The van der Waals surface area contributed by atoms with Gasteiger partial charge < -0.3 is 11.5 Å². The summed E-state index contributed by atoms with van der Waals surface area (Å²) in [5.74, 6) is 0. The first-order chi connectivity index (χ1) is 4.22. The molecule has 0 aromatic rings. The molecular weight excluding hydrogens is 144 g/mol. The molecule has 2 nitrogen and oxygen atoms in total. The molecule has 0 saturated heterocycles. The van der Waals surface area contributed by atoms with Crippen LogP contribution in [0.3, 0.4) is 0 Å². The predicted molar refractivity (Wildman–Crippen MR) is 49.6 cm³/mol. The molecule has 4 N–H and O–H groups in total. The summed E-state index contributed by atoms with van der Waals surface area (Å²) in [6.45, 7) is 2.92. The maximum absolute atomic E-state index is 5.73. The molecule has 9 heavy (non-hydrogen) atoms. The Hall–Kier alpha value is 0.354. The monoisotopic (exact) mass is 162 g/mol. The van der Waals surface area contributed by atoms with Crippen LogP contribution in [0.4, 0.5) is 0 Å². The van der Waals surface area contributed by atoms with Crippen molar-refractivity contribution in [2.24, 2.45) is 11.5 Å². The SMILES string of the molecule is CC(N)C(CCN)[SiH2][SiH3]. The van der Waals surface area contributed by atoms with Crippen molar-refractivity contribution < 1.29 is 0 Å². The first-order valence-electron chi connectivity index (χ1n) is 3.68. The third-order valence-electron chi connectivity index (χ3n) is 1.81. The fourth-order valence-electron chi connectivity index (χ4n) is 1.05. The maximum atomic E-state index is 5.73. The molecule has 0 aromatic heterocycles. The molecule has 0 saturated carbocycles. The maximum Gasteiger partial charge on any atom is 0.00994 e. The zero-order valence-corrected chi connectivity index (χ0v) is 9.84. The minimum atomic E-state index is 0.203. The van der Waals surface area contributed by atoms with E-state index in [-0.39, 0.29) is 9.04 Å². The lowest BCUT2D eigenvalue weighted by atomic mass is 10.2. The molecule has 0 rings (SSSR count). The molecule has 0 bridgehead atoms. The van der Waals surface area contributed by atoms with Crippen molar-refractivity contribution in [1.29, 1.82) is 0 Å². The molecule has 0 spiro atoms. The predicted octanol–water partition coefficient (Wildman–Crippen LogP) is -2.08. The summed E-state index contributed by atoms with van der Waals surface area (Å²) < 4.78 is 0. The van der Waals surface area contributed by atoms with Gasteiger partial charge in [-0.3, -0.25) is 0 Å². The summed E-state index contributed by atoms with van der Waals surface area (Å²) in [4.78, 5) is 0. The van der Waals surface area contributed by atoms with Crippen LogP contribution in [0.25, 0.3) is 0 Å². The lowest BCUT2D eigenvalue weighted by Gasteiger charge is -2.16. The van der Waals surface area contributed by atoms with Gasteiger partial charge in [-0.2, -0.15) is 0 Å². The van der Waals surface area contributed by atoms with Crippen molar-refractivity contribution in [3.8, 4) is 0 Å². The Morgan fingerprint density at radius 2 is 2.22 bits per heavy atom. The fraction of sp³-hybridized carbons (Fsp3) is 1.00. The van der Waals surface area contributed by atoms with E-state index in [0.717, 1.165) is 18.5 Å². The van der Waals surface area contributed by atoms with Crippen LogP contribution in [0.2, 0.25) is 5.54 Å². The molecule has 0 aliphatic rings. The van der Waals surface area contributed by atoms with Gasteiger partial charge in [-0.05, 0) is 28.3 Å². The highest BCUT2D eigenvalue weighted by Crippen LogP contribution is 2.09. The molecule has 4 heteroatoms. The van der Waals surface area contributed by atoms with Gasteiger partial charge in [0.05, 0.1) is 0 Å². The van der Waals surface area contributed by atoms with Crippen molar-refractivity contribution in [3.63, 3.8) is 0 Å². The van der Waals surface area contributed by atoms with Gasteiger partial charge in [-0.1, -0.05) is 6.92 Å². The van der Waals surface area contributed by atoms with Crippen LogP contribution in [0.15, 0.2) is 0 Å². The minimum Gasteiger partial charge on any atom is -0.330 e. The Morgan fingerprint density at radius 1 is 1.67 bits per heavy atom. The van der Waals surface area contributed by atoms with Gasteiger partial charge in [0.2, 0.25) is 0 Å². The summed E-state index contributed by atoms with van der Waals surface area (Å²) in [5, 5.41) is 0. The fourth-order valence-corrected chi connectivity index (χ4v) is 5.90. The van der Waals surface area contributed by atoms with E-state index in [0.29, 0.717) is 6.04 Å². The van der Waals surface area contributed by atoms with Gasteiger partial charge in [0, 0.05) is 15.1 Å². The Bertz CT molecular complexity index is 68.0. The average Bonchev–Trinajstić information content (AvgIpc) is 1.82. The molecular formula is C5H18N2Si2. The van der Waals surface area contributed by atoms with Crippen LogP contribution in [-0.2, 0) is 0 Å². The van der Waals surface area contributed by atoms with Crippen molar-refractivity contribution >= 4 is 18.8 Å². The quantitative estimate of drug-likeness (QED) is 0.466. The molecule has 0 amide bonds. The lowest BCUT2D eigenvalue weighted by Crippen LogP contribution is -2.28. The van der Waals surface area contributed by atoms with Crippen LogP contribution >= 0.6 is 0 Å². The largest absolute Gasteiger partial charge is 0.330 e. The second-order valence-electron chi connectivity index (χ2n) is 2.60. The molecule has 0 aliphatic heterocycles. The summed E-state index contributed by atoms with van der Waals surface area (Å²) in [7, 11) is 1.59. The van der Waals surface area contributed by atoms with E-state index < -0.39 is 0 Å². The van der Waals surface area contributed by atoms with Crippen LogP contribution in [0.5, 0.6) is 0 Å². The summed E-state index contributed by atoms with van der Waals surface area (Å²) in [6.07, 6.45) is 1.16. The second-order valence-corrected chi connectivity index (χ2v) is 6.92. The van der Waals surface area contributed by atoms with Crippen molar-refractivity contribution in [2.75, 3.05) is 6.54 Å². The highest BCUT2D eigenvalue weighted by molar-refractivity contribution is 6.90. The zero-order valence-electron chi connectivity index (χ0n) is 6.43. The van der Waals surface area contributed by atoms with Crippen LogP contribution < -0.4 is 11.5 Å². The van der Waals surface area contributed by atoms with E-state index in [1.807, 2.05) is 0 Å². The Balaban J connectivity index is 3.41. The summed E-state index contributed by atoms with van der Waals surface area (Å²) in [5.41, 5.74) is 12.0. The second kappa shape index (κ2) is 5.16. The third kappa shape index (κ3) is 3.85. The normalized spacial score (nSPS) is 19.0. The van der Waals surface area contributed by atoms with Gasteiger partial charge in [0.15, 0.2) is 0 Å². The van der Waals surface area contributed by atoms with Gasteiger partial charge >= 0.3 is 0 Å². The highest BCUT2D eigenvalue weighted by Gasteiger charge is 2.09. The van der Waals surface area contributed by atoms with Gasteiger partial charge in [0.1, 0.15) is 0 Å². The van der Waals surface area contributed by atoms with E-state index in [9.17, 15) is 0 Å². The Kier molecular flexibility index (Phi) is 5.37. The molecule has 0 radical (unpaired) electrons. The average molecular weight is 162 g/mol. The molecule has 0 aromatic carbocycles. The Morgan fingerprint density at radius 3 is 2.33 bits per heavy atom. The van der Waals surface area contributed by atoms with Crippen molar-refractivity contribution in [1.82, 2.24) is 0 Å². The van der Waals surface area contributed by atoms with Crippen LogP contribution in [-0.4, -0.2) is 31.4 Å². The first kappa shape index (κ1) is 9.35. The van der Waals surface area contributed by atoms with E-state index >= 15 is 0 Å². The Labute approximate surface area is 62.4 Å². The summed E-state index contributed by atoms with van der Waals surface area (Å²) in [6, 6.07) is 0.401. The third-order valence-corrected chi connectivity index (χ3v) is 7.15. The smallest absolute Gasteiger partial charge is 0.00994 e. The molecule has 56 valence electrons. The first-order valence-corrected chi connectivity index (χ1v) is 10.1. The zero-order chi connectivity index (χ0) is 7.28. The van der Waals surface area contributed by atoms with E-state index in [1.165, 1.54) is 9.76 Å².